The number of hydrogen-bond acceptors (Lipinski definition) is 13. The van der Waals surface area contributed by atoms with Gasteiger partial charge in [0.05, 0.1) is 74.4 Å². The molecule has 3 aliphatic rings. The van der Waals surface area contributed by atoms with E-state index in [-0.39, 0.29) is 56.9 Å². The van der Waals surface area contributed by atoms with E-state index in [1.807, 2.05) is 0 Å². The molecule has 2 amide bonds. The first-order valence-electron chi connectivity index (χ1n) is 16.4. The van der Waals surface area contributed by atoms with Crippen molar-refractivity contribution in [2.24, 2.45) is 5.73 Å². The largest absolute Gasteiger partial charge is 0.493 e. The van der Waals surface area contributed by atoms with Crippen molar-refractivity contribution >= 4 is 40.6 Å². The number of benzene rings is 2. The van der Waals surface area contributed by atoms with Crippen LogP contribution >= 0.6 is 11.3 Å². The lowest BCUT2D eigenvalue weighted by atomic mass is 9.84. The molecule has 16 heteroatoms. The summed E-state index contributed by atoms with van der Waals surface area (Å²) < 4.78 is 35.0. The second-order valence-electron chi connectivity index (χ2n) is 11.8. The van der Waals surface area contributed by atoms with Gasteiger partial charge in [0.1, 0.15) is 10.5 Å². The zero-order valence-electron chi connectivity index (χ0n) is 28.6. The minimum absolute atomic E-state index is 0.0171. The lowest BCUT2D eigenvalue weighted by molar-refractivity contribution is -0.138. The Labute approximate surface area is 302 Å². The quantitative estimate of drug-likeness (QED) is 0.302. The number of nitriles is 2. The summed E-state index contributed by atoms with van der Waals surface area (Å²) >= 11 is 1.06. The third-order valence-corrected chi connectivity index (χ3v) is 9.93. The normalized spacial score (nSPS) is 17.6. The molecule has 0 radical (unpaired) electrons. The van der Waals surface area contributed by atoms with E-state index in [1.165, 1.54) is 18.8 Å². The Hall–Kier alpha value is -5.81. The standard InChI is InChI=1S/C36H36N6O9S/c1-46-28-15-22(3-5-26(28)50-20-31(43)40-7-11-48-12-8-40)16-30-35(45)42-34(39)24(18-37)33(25(19-38)36(42)52-30)23-4-6-27(29(17-23)47-2)51-21-32(44)41-9-13-49-14-10-41/h3-6,15-17,33H,7-14,20-21,39H2,1-2H3/b30-16+/t33-/m1/s1. The molecule has 15 nitrogen and oxygen atoms in total. The highest BCUT2D eigenvalue weighted by molar-refractivity contribution is 7.07. The van der Waals surface area contributed by atoms with Gasteiger partial charge in [0.15, 0.2) is 36.2 Å². The van der Waals surface area contributed by atoms with Crippen LogP contribution in [0.15, 0.2) is 46.8 Å². The van der Waals surface area contributed by atoms with Gasteiger partial charge in [-0.15, -0.1) is 11.3 Å². The zero-order valence-corrected chi connectivity index (χ0v) is 29.4. The van der Waals surface area contributed by atoms with Crippen molar-refractivity contribution in [3.8, 4) is 35.1 Å². The maximum atomic E-state index is 13.7. The van der Waals surface area contributed by atoms with E-state index in [0.717, 1.165) is 11.3 Å². The highest BCUT2D eigenvalue weighted by Gasteiger charge is 2.33. The van der Waals surface area contributed by atoms with Crippen molar-refractivity contribution in [2.75, 3.05) is 80.0 Å². The molecular formula is C36H36N6O9S. The van der Waals surface area contributed by atoms with Crippen molar-refractivity contribution in [2.45, 2.75) is 5.92 Å². The van der Waals surface area contributed by atoms with Gasteiger partial charge in [0.2, 0.25) is 0 Å². The molecule has 0 aliphatic carbocycles. The van der Waals surface area contributed by atoms with Crippen LogP contribution in [0, 0.1) is 22.7 Å². The van der Waals surface area contributed by atoms with Crippen LogP contribution in [-0.2, 0) is 19.1 Å². The van der Waals surface area contributed by atoms with Crippen LogP contribution in [0.25, 0.3) is 17.5 Å². The minimum atomic E-state index is -0.907. The summed E-state index contributed by atoms with van der Waals surface area (Å²) in [5.41, 5.74) is 7.25. The number of carbonyl (C=O) groups is 2. The van der Waals surface area contributed by atoms with Crippen LogP contribution in [0.2, 0.25) is 0 Å². The first-order chi connectivity index (χ1) is 25.3. The third kappa shape index (κ3) is 7.31. The fourth-order valence-electron chi connectivity index (χ4n) is 6.10. The van der Waals surface area contributed by atoms with Crippen molar-refractivity contribution in [3.63, 3.8) is 0 Å². The molecule has 2 N–H and O–H groups in total. The number of ether oxygens (including phenoxy) is 6. The number of morpholine rings is 2. The number of rotatable bonds is 10. The number of aromatic nitrogens is 1. The van der Waals surface area contributed by atoms with Crippen LogP contribution in [-0.4, -0.2) is 106 Å². The fraction of sp³-hybridized carbons (Fsp3) is 0.361. The summed E-state index contributed by atoms with van der Waals surface area (Å²) in [5.74, 6) is -0.0541. The second-order valence-corrected chi connectivity index (χ2v) is 12.8. The molecule has 270 valence electrons. The lowest BCUT2D eigenvalue weighted by Gasteiger charge is -2.27. The van der Waals surface area contributed by atoms with Crippen LogP contribution in [0.1, 0.15) is 17.0 Å². The summed E-state index contributed by atoms with van der Waals surface area (Å²) in [6, 6.07) is 14.2. The Morgan fingerprint density at radius 1 is 0.846 bits per heavy atom. The number of allylic oxidation sites excluding steroid dienone is 1. The molecule has 4 heterocycles. The number of fused-ring (bicyclic) bond motifs is 1. The monoisotopic (exact) mass is 728 g/mol. The van der Waals surface area contributed by atoms with E-state index in [1.54, 1.807) is 52.3 Å². The van der Waals surface area contributed by atoms with Gasteiger partial charge in [-0.25, -0.2) is 0 Å². The molecule has 3 aromatic rings. The zero-order chi connectivity index (χ0) is 36.8. The van der Waals surface area contributed by atoms with Crippen LogP contribution < -0.4 is 39.4 Å². The summed E-state index contributed by atoms with van der Waals surface area (Å²) in [4.78, 5) is 42.3. The first kappa shape index (κ1) is 36.0. The fourth-order valence-corrected chi connectivity index (χ4v) is 7.23. The maximum absolute atomic E-state index is 13.7. The van der Waals surface area contributed by atoms with Gasteiger partial charge in [-0.05, 0) is 41.5 Å². The lowest BCUT2D eigenvalue weighted by Crippen LogP contribution is -2.43. The Morgan fingerprint density at radius 3 is 1.92 bits per heavy atom. The van der Waals surface area contributed by atoms with Crippen LogP contribution in [0.5, 0.6) is 23.0 Å². The SMILES string of the molecule is COc1cc(/C=c2/sc3n(c2=O)C(N)=C(C#N)[C@@H](c2ccc(OCC(=O)N4CCOCC4)c(OC)c2)C=3C#N)ccc1OCC(=O)N1CCOCC1. The van der Waals surface area contributed by atoms with E-state index >= 15 is 0 Å². The molecule has 2 fully saturated rings. The van der Waals surface area contributed by atoms with Crippen LogP contribution in [0.4, 0.5) is 0 Å². The third-order valence-electron chi connectivity index (χ3n) is 8.83. The molecule has 52 heavy (non-hydrogen) atoms. The molecule has 1 atom stereocenters. The van der Waals surface area contributed by atoms with E-state index in [4.69, 9.17) is 34.2 Å². The van der Waals surface area contributed by atoms with Crippen molar-refractivity contribution < 1.29 is 38.0 Å². The summed E-state index contributed by atoms with van der Waals surface area (Å²) in [5, 5.41) is 20.7. The molecule has 0 unspecified atom stereocenters. The Kier molecular flexibility index (Phi) is 11.1. The van der Waals surface area contributed by atoms with Gasteiger partial charge < -0.3 is 44.0 Å². The number of hydrogen-bond donors (Lipinski definition) is 1. The number of amides is 2. The number of methoxy groups -OCH3 is 2. The topological polar surface area (TPSA) is 192 Å². The highest BCUT2D eigenvalue weighted by Crippen LogP contribution is 2.39. The van der Waals surface area contributed by atoms with Gasteiger partial charge in [-0.2, -0.15) is 10.5 Å². The van der Waals surface area contributed by atoms with Crippen molar-refractivity contribution in [1.29, 1.82) is 10.5 Å². The molecular weight excluding hydrogens is 692 g/mol. The number of nitrogens with two attached hydrogens (primary N) is 1. The van der Waals surface area contributed by atoms with Gasteiger partial charge >= 0.3 is 0 Å². The van der Waals surface area contributed by atoms with E-state index in [2.05, 4.69) is 12.1 Å². The van der Waals surface area contributed by atoms with Crippen molar-refractivity contribution in [1.82, 2.24) is 14.4 Å². The van der Waals surface area contributed by atoms with Crippen molar-refractivity contribution in [3.05, 3.63) is 72.6 Å². The average Bonchev–Trinajstić information content (AvgIpc) is 3.51. The first-order valence-corrected chi connectivity index (χ1v) is 17.2. The summed E-state index contributed by atoms with van der Waals surface area (Å²) in [6.45, 7) is 3.50. The highest BCUT2D eigenvalue weighted by atomic mass is 32.1. The van der Waals surface area contributed by atoms with Gasteiger partial charge in [-0.1, -0.05) is 12.1 Å². The Morgan fingerprint density at radius 2 is 1.38 bits per heavy atom. The summed E-state index contributed by atoms with van der Waals surface area (Å²) in [6.07, 6.45) is 1.63. The van der Waals surface area contributed by atoms with E-state index in [0.29, 0.717) is 81.0 Å². The summed E-state index contributed by atoms with van der Waals surface area (Å²) in [7, 11) is 2.91. The predicted molar refractivity (Wildman–Crippen MR) is 188 cm³/mol. The second kappa shape index (κ2) is 16.0. The van der Waals surface area contributed by atoms with Crippen LogP contribution in [0.3, 0.4) is 0 Å². The van der Waals surface area contributed by atoms with E-state index < -0.39 is 11.5 Å². The number of nitrogens with zero attached hydrogens (tertiary/aromatic N) is 5. The van der Waals surface area contributed by atoms with E-state index in [9.17, 15) is 24.9 Å². The predicted octanol–water partition coefficient (Wildman–Crippen LogP) is 0.354. The Bertz CT molecular complexity index is 2170. The molecule has 2 saturated heterocycles. The molecule has 3 aliphatic heterocycles. The number of thiazole rings is 1. The molecule has 0 saturated carbocycles. The molecule has 6 rings (SSSR count). The molecule has 0 spiro atoms. The maximum Gasteiger partial charge on any atom is 0.274 e. The Balaban J connectivity index is 1.30. The minimum Gasteiger partial charge on any atom is -0.493 e. The van der Waals surface area contributed by atoms with Gasteiger partial charge in [-0.3, -0.25) is 19.0 Å². The van der Waals surface area contributed by atoms with Gasteiger partial charge in [0, 0.05) is 26.2 Å². The smallest absolute Gasteiger partial charge is 0.274 e. The molecule has 2 aromatic carbocycles. The molecule has 0 bridgehead atoms. The average molecular weight is 729 g/mol. The number of carbonyl (C=O) groups excluding carboxylic acids is 2. The molecule has 1 aromatic heterocycles. The van der Waals surface area contributed by atoms with Gasteiger partial charge in [0.25, 0.3) is 17.4 Å².